The van der Waals surface area contributed by atoms with Crippen LogP contribution in [0.4, 0.5) is 5.69 Å². The summed E-state index contributed by atoms with van der Waals surface area (Å²) in [6.45, 7) is 2.31. The fraction of sp³-hybridized carbons (Fsp3) is 0.154. The Morgan fingerprint density at radius 3 is 2.38 bits per heavy atom. The Labute approximate surface area is 187 Å². The summed E-state index contributed by atoms with van der Waals surface area (Å²) in [6.07, 6.45) is 1.50. The molecule has 0 atom stereocenters. The molecule has 3 aromatic carbocycles. The molecular formula is C26H24N2O4. The first-order valence-corrected chi connectivity index (χ1v) is 9.96. The number of anilines is 1. The number of methoxy groups -OCH3 is 2. The zero-order valence-corrected chi connectivity index (χ0v) is 18.2. The second kappa shape index (κ2) is 10.7. The van der Waals surface area contributed by atoms with Crippen molar-refractivity contribution in [3.8, 4) is 23.3 Å². The predicted molar refractivity (Wildman–Crippen MR) is 124 cm³/mol. The van der Waals surface area contributed by atoms with Gasteiger partial charge in [0.15, 0.2) is 11.5 Å². The Balaban J connectivity index is 1.78. The van der Waals surface area contributed by atoms with E-state index in [1.807, 2.05) is 49.4 Å². The number of carbonyl (C=O) groups is 1. The molecule has 3 rings (SSSR count). The third kappa shape index (κ3) is 5.67. The molecule has 0 saturated carbocycles. The molecule has 0 aliphatic heterocycles. The number of nitrogens with one attached hydrogen (secondary N) is 1. The van der Waals surface area contributed by atoms with Gasteiger partial charge in [-0.15, -0.1) is 0 Å². The van der Waals surface area contributed by atoms with Crippen LogP contribution in [-0.2, 0) is 11.4 Å². The minimum absolute atomic E-state index is 0.0476. The van der Waals surface area contributed by atoms with Crippen molar-refractivity contribution < 1.29 is 19.0 Å². The highest BCUT2D eigenvalue weighted by atomic mass is 16.5. The fourth-order valence-corrected chi connectivity index (χ4v) is 3.05. The van der Waals surface area contributed by atoms with Crippen molar-refractivity contribution in [1.82, 2.24) is 0 Å². The van der Waals surface area contributed by atoms with E-state index in [0.717, 1.165) is 11.1 Å². The van der Waals surface area contributed by atoms with Gasteiger partial charge in [0.25, 0.3) is 5.91 Å². The van der Waals surface area contributed by atoms with E-state index < -0.39 is 5.91 Å². The molecule has 6 nitrogen and oxygen atoms in total. The number of carbonyl (C=O) groups excluding carboxylic acids is 1. The molecule has 0 aromatic heterocycles. The first kappa shape index (κ1) is 22.4. The lowest BCUT2D eigenvalue weighted by molar-refractivity contribution is -0.112. The molecule has 0 spiro atoms. The van der Waals surface area contributed by atoms with Crippen LogP contribution in [0, 0.1) is 18.3 Å². The molecular weight excluding hydrogens is 404 g/mol. The summed E-state index contributed by atoms with van der Waals surface area (Å²) in [6, 6.07) is 22.4. The van der Waals surface area contributed by atoms with Gasteiger partial charge in [-0.1, -0.05) is 42.5 Å². The molecule has 1 N–H and O–H groups in total. The highest BCUT2D eigenvalue weighted by Gasteiger charge is 2.14. The second-order valence-corrected chi connectivity index (χ2v) is 7.01. The zero-order chi connectivity index (χ0) is 22.9. The number of ether oxygens (including phenoxy) is 3. The first-order chi connectivity index (χ1) is 15.5. The number of hydrogen-bond acceptors (Lipinski definition) is 5. The van der Waals surface area contributed by atoms with Gasteiger partial charge in [-0.05, 0) is 54.0 Å². The molecule has 0 aliphatic carbocycles. The maximum absolute atomic E-state index is 12.7. The molecule has 6 heteroatoms. The SMILES string of the molecule is COc1ccc(C)cc1NC(=O)/C(C#N)=C/c1ccc(OCc2ccccc2)c(OC)c1. The average Bonchev–Trinajstić information content (AvgIpc) is 2.82. The number of hydrogen-bond donors (Lipinski definition) is 1. The van der Waals surface area contributed by atoms with E-state index in [2.05, 4.69) is 5.32 Å². The third-order valence-corrected chi connectivity index (χ3v) is 4.70. The van der Waals surface area contributed by atoms with Crippen LogP contribution in [0.3, 0.4) is 0 Å². The molecule has 32 heavy (non-hydrogen) atoms. The number of amides is 1. The lowest BCUT2D eigenvalue weighted by Gasteiger charge is -2.12. The van der Waals surface area contributed by atoms with Gasteiger partial charge >= 0.3 is 0 Å². The normalized spacial score (nSPS) is 10.8. The summed E-state index contributed by atoms with van der Waals surface area (Å²) in [7, 11) is 3.06. The molecule has 0 heterocycles. The van der Waals surface area contributed by atoms with Crippen LogP contribution in [0.5, 0.6) is 17.2 Å². The number of aryl methyl sites for hydroxylation is 1. The topological polar surface area (TPSA) is 80.6 Å². The maximum Gasteiger partial charge on any atom is 0.266 e. The summed E-state index contributed by atoms with van der Waals surface area (Å²) in [5, 5.41) is 12.3. The molecule has 162 valence electrons. The molecule has 0 aliphatic rings. The first-order valence-electron chi connectivity index (χ1n) is 9.96. The summed E-state index contributed by atoms with van der Waals surface area (Å²) in [5.41, 5.74) is 3.08. The van der Waals surface area contributed by atoms with Gasteiger partial charge in [-0.3, -0.25) is 4.79 Å². The van der Waals surface area contributed by atoms with Crippen LogP contribution in [-0.4, -0.2) is 20.1 Å². The zero-order valence-electron chi connectivity index (χ0n) is 18.2. The van der Waals surface area contributed by atoms with Crippen molar-refractivity contribution in [3.05, 3.63) is 89.0 Å². The van der Waals surface area contributed by atoms with Crippen molar-refractivity contribution in [2.45, 2.75) is 13.5 Å². The van der Waals surface area contributed by atoms with E-state index in [1.165, 1.54) is 13.2 Å². The molecule has 0 unspecified atom stereocenters. The van der Waals surface area contributed by atoms with Gasteiger partial charge in [-0.2, -0.15) is 5.26 Å². The molecule has 0 radical (unpaired) electrons. The van der Waals surface area contributed by atoms with Crippen LogP contribution in [0.1, 0.15) is 16.7 Å². The average molecular weight is 428 g/mol. The van der Waals surface area contributed by atoms with Gasteiger partial charge in [0.05, 0.1) is 19.9 Å². The minimum Gasteiger partial charge on any atom is -0.495 e. The van der Waals surface area contributed by atoms with E-state index in [1.54, 1.807) is 37.4 Å². The summed E-state index contributed by atoms with van der Waals surface area (Å²) in [5.74, 6) is 1.07. The highest BCUT2D eigenvalue weighted by molar-refractivity contribution is 6.10. The Morgan fingerprint density at radius 1 is 0.969 bits per heavy atom. The largest absolute Gasteiger partial charge is 0.495 e. The van der Waals surface area contributed by atoms with Gasteiger partial charge in [-0.25, -0.2) is 0 Å². The summed E-state index contributed by atoms with van der Waals surface area (Å²) >= 11 is 0. The molecule has 3 aromatic rings. The number of nitrogens with zero attached hydrogens (tertiary/aromatic N) is 1. The van der Waals surface area contributed by atoms with Crippen LogP contribution in [0.2, 0.25) is 0 Å². The maximum atomic E-state index is 12.7. The highest BCUT2D eigenvalue weighted by Crippen LogP contribution is 2.30. The van der Waals surface area contributed by atoms with E-state index >= 15 is 0 Å². The third-order valence-electron chi connectivity index (χ3n) is 4.70. The van der Waals surface area contributed by atoms with Crippen LogP contribution >= 0.6 is 0 Å². The van der Waals surface area contributed by atoms with E-state index in [4.69, 9.17) is 14.2 Å². The van der Waals surface area contributed by atoms with E-state index in [9.17, 15) is 10.1 Å². The number of nitriles is 1. The molecule has 0 saturated heterocycles. The lowest BCUT2D eigenvalue weighted by Crippen LogP contribution is -2.14. The lowest BCUT2D eigenvalue weighted by atomic mass is 10.1. The smallest absolute Gasteiger partial charge is 0.266 e. The quantitative estimate of drug-likeness (QED) is 0.397. The molecule has 1 amide bonds. The Hall–Kier alpha value is -4.24. The monoisotopic (exact) mass is 428 g/mol. The van der Waals surface area contributed by atoms with E-state index in [0.29, 0.717) is 35.1 Å². The fourth-order valence-electron chi connectivity index (χ4n) is 3.05. The van der Waals surface area contributed by atoms with Crippen LogP contribution in [0.15, 0.2) is 72.3 Å². The van der Waals surface area contributed by atoms with Gasteiger partial charge < -0.3 is 19.5 Å². The van der Waals surface area contributed by atoms with Gasteiger partial charge in [0.2, 0.25) is 0 Å². The number of benzene rings is 3. The van der Waals surface area contributed by atoms with Crippen molar-refractivity contribution in [2.75, 3.05) is 19.5 Å². The Morgan fingerprint density at radius 2 is 1.69 bits per heavy atom. The van der Waals surface area contributed by atoms with Crippen molar-refractivity contribution in [2.24, 2.45) is 0 Å². The van der Waals surface area contributed by atoms with Crippen molar-refractivity contribution in [3.63, 3.8) is 0 Å². The number of rotatable bonds is 8. The Kier molecular flexibility index (Phi) is 7.50. The molecule has 0 fully saturated rings. The second-order valence-electron chi connectivity index (χ2n) is 7.01. The van der Waals surface area contributed by atoms with Gasteiger partial charge in [0, 0.05) is 0 Å². The summed E-state index contributed by atoms with van der Waals surface area (Å²) < 4.78 is 16.6. The van der Waals surface area contributed by atoms with Crippen molar-refractivity contribution in [1.29, 1.82) is 5.26 Å². The van der Waals surface area contributed by atoms with Crippen molar-refractivity contribution >= 4 is 17.7 Å². The van der Waals surface area contributed by atoms with Crippen LogP contribution < -0.4 is 19.5 Å². The van der Waals surface area contributed by atoms with E-state index in [-0.39, 0.29) is 5.57 Å². The minimum atomic E-state index is -0.528. The summed E-state index contributed by atoms with van der Waals surface area (Å²) in [4.78, 5) is 12.7. The Bertz CT molecular complexity index is 1160. The van der Waals surface area contributed by atoms with Crippen LogP contribution in [0.25, 0.3) is 6.08 Å². The molecule has 0 bridgehead atoms. The van der Waals surface area contributed by atoms with Gasteiger partial charge in [0.1, 0.15) is 24.0 Å². The standard InChI is InChI=1S/C26H24N2O4/c1-18-9-11-23(30-2)22(13-18)28-26(29)21(16-27)14-20-10-12-24(25(15-20)31-3)32-17-19-7-5-4-6-8-19/h4-15H,17H2,1-3H3,(H,28,29)/b21-14+. The predicted octanol–water partition coefficient (Wildman–Crippen LogP) is 5.14.